The fourth-order valence-electron chi connectivity index (χ4n) is 4.85. The zero-order valence-electron chi connectivity index (χ0n) is 20.2. The highest BCUT2D eigenvalue weighted by Gasteiger charge is 2.27. The lowest BCUT2D eigenvalue weighted by Crippen LogP contribution is -2.13. The molecular weight excluding hydrogens is 440 g/mol. The molecule has 0 saturated heterocycles. The van der Waals surface area contributed by atoms with Crippen molar-refractivity contribution in [2.24, 2.45) is 5.92 Å². The number of hydrogen-bond donors (Lipinski definition) is 0. The van der Waals surface area contributed by atoms with Gasteiger partial charge in [-0.05, 0) is 61.6 Å². The van der Waals surface area contributed by atoms with E-state index >= 15 is 0 Å². The summed E-state index contributed by atoms with van der Waals surface area (Å²) in [5.74, 6) is -4.39. The van der Waals surface area contributed by atoms with Crippen LogP contribution in [0.4, 0.5) is 17.6 Å². The Hall–Kier alpha value is -2.30. The third-order valence-corrected chi connectivity index (χ3v) is 7.00. The molecule has 0 atom stereocenters. The topological polar surface area (TPSA) is 9.23 Å². The summed E-state index contributed by atoms with van der Waals surface area (Å²) in [5, 5.41) is 0. The Morgan fingerprint density at radius 2 is 1.35 bits per heavy atom. The molecule has 1 aliphatic rings. The fourth-order valence-corrected chi connectivity index (χ4v) is 4.85. The van der Waals surface area contributed by atoms with Crippen molar-refractivity contribution in [2.45, 2.75) is 83.5 Å². The van der Waals surface area contributed by atoms with Crippen LogP contribution in [0.25, 0.3) is 11.1 Å². The highest BCUT2D eigenvalue weighted by atomic mass is 19.2. The van der Waals surface area contributed by atoms with Crippen molar-refractivity contribution in [3.63, 3.8) is 0 Å². The summed E-state index contributed by atoms with van der Waals surface area (Å²) in [4.78, 5) is 0. The molecule has 1 fully saturated rings. The summed E-state index contributed by atoms with van der Waals surface area (Å²) in [7, 11) is 0. The van der Waals surface area contributed by atoms with Crippen molar-refractivity contribution >= 4 is 0 Å². The normalized spacial score (nSPS) is 18.1. The second kappa shape index (κ2) is 13.0. The first-order chi connectivity index (χ1) is 16.5. The van der Waals surface area contributed by atoms with E-state index in [4.69, 9.17) is 4.74 Å². The van der Waals surface area contributed by atoms with Gasteiger partial charge in [-0.25, -0.2) is 13.2 Å². The quantitative estimate of drug-likeness (QED) is 0.168. The van der Waals surface area contributed by atoms with Crippen LogP contribution in [0.15, 0.2) is 36.9 Å². The van der Waals surface area contributed by atoms with Gasteiger partial charge < -0.3 is 4.74 Å². The van der Waals surface area contributed by atoms with E-state index in [1.807, 2.05) is 6.08 Å². The molecule has 1 nitrogen and oxygen atoms in total. The van der Waals surface area contributed by atoms with Gasteiger partial charge in [0, 0.05) is 11.1 Å². The van der Waals surface area contributed by atoms with Crippen molar-refractivity contribution in [3.05, 3.63) is 65.8 Å². The highest BCUT2D eigenvalue weighted by molar-refractivity contribution is 5.66. The SMILES string of the molecule is C=CC1CCC(c2ccc(-c3ccc(OCCCCCCCCC)c(F)c3F)c(F)c2F)CC1. The van der Waals surface area contributed by atoms with Crippen LogP contribution in [0, 0.1) is 29.2 Å². The van der Waals surface area contributed by atoms with Crippen LogP contribution >= 0.6 is 0 Å². The van der Waals surface area contributed by atoms with E-state index in [0.717, 1.165) is 44.9 Å². The van der Waals surface area contributed by atoms with Crippen LogP contribution in [0.3, 0.4) is 0 Å². The van der Waals surface area contributed by atoms with Gasteiger partial charge in [-0.15, -0.1) is 6.58 Å². The minimum atomic E-state index is -1.23. The van der Waals surface area contributed by atoms with E-state index in [1.165, 1.54) is 49.9 Å². The summed E-state index contributed by atoms with van der Waals surface area (Å²) in [5.41, 5.74) is -0.283. The fraction of sp³-hybridized carbons (Fsp3) is 0.517. The molecule has 1 aliphatic carbocycles. The van der Waals surface area contributed by atoms with Gasteiger partial charge in [0.2, 0.25) is 5.82 Å². The second-order valence-corrected chi connectivity index (χ2v) is 9.39. The first-order valence-corrected chi connectivity index (χ1v) is 12.7. The maximum absolute atomic E-state index is 14.9. The molecule has 1 saturated carbocycles. The molecule has 0 spiro atoms. The van der Waals surface area contributed by atoms with Crippen molar-refractivity contribution in [1.82, 2.24) is 0 Å². The molecule has 3 rings (SSSR count). The maximum Gasteiger partial charge on any atom is 0.201 e. The Balaban J connectivity index is 1.65. The molecule has 2 aromatic carbocycles. The first-order valence-electron chi connectivity index (χ1n) is 12.7. The van der Waals surface area contributed by atoms with Gasteiger partial charge in [0.05, 0.1) is 6.61 Å². The van der Waals surface area contributed by atoms with E-state index in [-0.39, 0.29) is 29.4 Å². The van der Waals surface area contributed by atoms with Crippen molar-refractivity contribution < 1.29 is 22.3 Å². The van der Waals surface area contributed by atoms with Crippen LogP contribution in [-0.2, 0) is 0 Å². The summed E-state index contributed by atoms with van der Waals surface area (Å²) in [6, 6.07) is 5.40. The summed E-state index contributed by atoms with van der Waals surface area (Å²) < 4.78 is 64.7. The summed E-state index contributed by atoms with van der Waals surface area (Å²) in [6.45, 7) is 6.26. The van der Waals surface area contributed by atoms with E-state index in [2.05, 4.69) is 13.5 Å². The van der Waals surface area contributed by atoms with Gasteiger partial charge in [0.15, 0.2) is 23.2 Å². The second-order valence-electron chi connectivity index (χ2n) is 9.39. The van der Waals surface area contributed by atoms with Crippen molar-refractivity contribution in [3.8, 4) is 16.9 Å². The van der Waals surface area contributed by atoms with E-state index in [9.17, 15) is 17.6 Å². The Labute approximate surface area is 201 Å². The lowest BCUT2D eigenvalue weighted by Gasteiger charge is -2.27. The third-order valence-electron chi connectivity index (χ3n) is 7.00. The first kappa shape index (κ1) is 26.3. The molecule has 0 bridgehead atoms. The molecule has 0 aliphatic heterocycles. The number of benzene rings is 2. The lowest BCUT2D eigenvalue weighted by atomic mass is 9.78. The van der Waals surface area contributed by atoms with Crippen LogP contribution in [0.5, 0.6) is 5.75 Å². The van der Waals surface area contributed by atoms with E-state index in [0.29, 0.717) is 11.5 Å². The molecule has 0 unspecified atom stereocenters. The van der Waals surface area contributed by atoms with E-state index < -0.39 is 23.3 Å². The monoisotopic (exact) mass is 476 g/mol. The number of halogens is 4. The van der Waals surface area contributed by atoms with Gasteiger partial charge in [-0.3, -0.25) is 0 Å². The lowest BCUT2D eigenvalue weighted by molar-refractivity contribution is 0.285. The number of rotatable bonds is 12. The average Bonchev–Trinajstić information content (AvgIpc) is 2.85. The summed E-state index contributed by atoms with van der Waals surface area (Å²) in [6.07, 6.45) is 12.8. The summed E-state index contributed by atoms with van der Waals surface area (Å²) >= 11 is 0. The van der Waals surface area contributed by atoms with Gasteiger partial charge in [-0.2, -0.15) is 4.39 Å². The van der Waals surface area contributed by atoms with E-state index in [1.54, 1.807) is 0 Å². The zero-order chi connectivity index (χ0) is 24.5. The van der Waals surface area contributed by atoms with Crippen LogP contribution in [0.1, 0.15) is 89.0 Å². The van der Waals surface area contributed by atoms with Crippen molar-refractivity contribution in [1.29, 1.82) is 0 Å². The van der Waals surface area contributed by atoms with Crippen LogP contribution < -0.4 is 4.74 Å². The molecule has 0 amide bonds. The Bertz CT molecular complexity index is 948. The predicted molar refractivity (Wildman–Crippen MR) is 130 cm³/mol. The molecule has 0 heterocycles. The minimum absolute atomic E-state index is 0.0799. The Morgan fingerprint density at radius 1 is 0.765 bits per heavy atom. The third kappa shape index (κ3) is 6.43. The standard InChI is InChI=1S/C29H36F4O/c1-3-5-6-7-8-9-10-19-34-25-18-17-24(28(32)29(25)33)23-16-15-22(26(30)27(23)31)21-13-11-20(4-2)12-14-21/h4,15-18,20-21H,2-3,5-14,19H2,1H3. The molecule has 2 aromatic rings. The molecule has 186 valence electrons. The van der Waals surface area contributed by atoms with Gasteiger partial charge in [0.1, 0.15) is 0 Å². The van der Waals surface area contributed by atoms with Crippen LogP contribution in [0.2, 0.25) is 0 Å². The molecular formula is C29H36F4O. The Kier molecular flexibility index (Phi) is 10.0. The number of unbranched alkanes of at least 4 members (excludes halogenated alkanes) is 6. The molecule has 5 heteroatoms. The number of hydrogen-bond acceptors (Lipinski definition) is 1. The van der Waals surface area contributed by atoms with Gasteiger partial charge >= 0.3 is 0 Å². The zero-order valence-corrected chi connectivity index (χ0v) is 20.2. The molecule has 0 radical (unpaired) electrons. The van der Waals surface area contributed by atoms with Gasteiger partial charge in [-0.1, -0.05) is 63.7 Å². The van der Waals surface area contributed by atoms with Crippen LogP contribution in [-0.4, -0.2) is 6.61 Å². The highest BCUT2D eigenvalue weighted by Crippen LogP contribution is 2.40. The Morgan fingerprint density at radius 3 is 2.00 bits per heavy atom. The maximum atomic E-state index is 14.9. The molecule has 34 heavy (non-hydrogen) atoms. The number of allylic oxidation sites excluding steroid dienone is 1. The number of ether oxygens (including phenoxy) is 1. The molecule has 0 aromatic heterocycles. The van der Waals surface area contributed by atoms with Gasteiger partial charge in [0.25, 0.3) is 0 Å². The van der Waals surface area contributed by atoms with Crippen molar-refractivity contribution in [2.75, 3.05) is 6.61 Å². The largest absolute Gasteiger partial charge is 0.490 e. The minimum Gasteiger partial charge on any atom is -0.490 e. The predicted octanol–water partition coefficient (Wildman–Crippen LogP) is 9.50. The average molecular weight is 477 g/mol. The smallest absolute Gasteiger partial charge is 0.201 e. The molecule has 0 N–H and O–H groups in total.